The number of piperidine rings is 3. The summed E-state index contributed by atoms with van der Waals surface area (Å²) in [5.41, 5.74) is 3.13. The molecule has 3 aliphatic heterocycles. The van der Waals surface area contributed by atoms with Gasteiger partial charge < -0.3 is 14.0 Å². The third kappa shape index (κ3) is 6.04. The zero-order valence-electron chi connectivity index (χ0n) is 20.3. The molecule has 0 saturated carbocycles. The summed E-state index contributed by atoms with van der Waals surface area (Å²) < 4.78 is 13.0. The lowest BCUT2D eigenvalue weighted by Crippen LogP contribution is -2.64. The lowest BCUT2D eigenvalue weighted by Gasteiger charge is -2.52. The minimum Gasteiger partial charge on any atom is -0.493 e. The molecule has 0 aromatic heterocycles. The average molecular weight is 472 g/mol. The van der Waals surface area contributed by atoms with E-state index in [4.69, 9.17) is 9.47 Å². The predicted molar refractivity (Wildman–Crippen MR) is 139 cm³/mol. The maximum absolute atomic E-state index is 12.9. The summed E-state index contributed by atoms with van der Waals surface area (Å²) in [5.74, 6) is 1.40. The molecule has 5 nitrogen and oxygen atoms in total. The van der Waals surface area contributed by atoms with E-state index in [1.165, 1.54) is 18.7 Å². The molecular weight excluding hydrogens is 436 g/mol. The number of hydrogen-bond donors (Lipinski definition) is 1. The zero-order valence-corrected chi connectivity index (χ0v) is 20.3. The fourth-order valence-electron chi connectivity index (χ4n) is 5.66. The van der Waals surface area contributed by atoms with Gasteiger partial charge in [0.05, 0.1) is 26.2 Å². The lowest BCUT2D eigenvalue weighted by molar-refractivity contribution is -0.946. The number of fused-ring (bicyclic) bond motifs is 3. The van der Waals surface area contributed by atoms with E-state index in [-0.39, 0.29) is 12.2 Å². The molecule has 1 atom stereocenters. The molecule has 3 heterocycles. The van der Waals surface area contributed by atoms with Crippen LogP contribution >= 0.6 is 0 Å². The van der Waals surface area contributed by atoms with Gasteiger partial charge in [-0.15, -0.1) is 0 Å². The van der Waals surface area contributed by atoms with Gasteiger partial charge in [-0.2, -0.15) is 0 Å². The smallest absolute Gasteiger partial charge is 0.412 e. The Morgan fingerprint density at radius 3 is 2.34 bits per heavy atom. The Balaban J connectivity index is 1.15. The second-order valence-corrected chi connectivity index (χ2v) is 9.94. The van der Waals surface area contributed by atoms with Crippen LogP contribution in [0.5, 0.6) is 5.75 Å². The van der Waals surface area contributed by atoms with Crippen LogP contribution in [0.4, 0.5) is 10.5 Å². The van der Waals surface area contributed by atoms with Crippen LogP contribution in [0.15, 0.2) is 84.9 Å². The Morgan fingerprint density at radius 2 is 1.57 bits per heavy atom. The second kappa shape index (κ2) is 11.0. The number of ether oxygens (including phenoxy) is 2. The van der Waals surface area contributed by atoms with Crippen LogP contribution in [-0.2, 0) is 11.2 Å². The molecule has 182 valence electrons. The number of hydrogen-bond acceptors (Lipinski definition) is 3. The molecule has 5 heteroatoms. The third-order valence-electron chi connectivity index (χ3n) is 7.58. The van der Waals surface area contributed by atoms with Crippen molar-refractivity contribution in [2.24, 2.45) is 5.92 Å². The van der Waals surface area contributed by atoms with Gasteiger partial charge in [0.25, 0.3) is 0 Å². The number of nitrogens with one attached hydrogen (secondary N) is 1. The summed E-state index contributed by atoms with van der Waals surface area (Å²) in [4.78, 5) is 12.9. The first-order valence-electron chi connectivity index (χ1n) is 12.8. The first-order chi connectivity index (χ1) is 17.2. The van der Waals surface area contributed by atoms with Gasteiger partial charge in [-0.05, 0) is 35.7 Å². The van der Waals surface area contributed by atoms with E-state index >= 15 is 0 Å². The number of amides is 1. The van der Waals surface area contributed by atoms with E-state index in [1.54, 1.807) is 0 Å². The number of nitrogens with zero attached hydrogens (tertiary/aromatic N) is 1. The first-order valence-corrected chi connectivity index (χ1v) is 12.8. The molecule has 0 radical (unpaired) electrons. The summed E-state index contributed by atoms with van der Waals surface area (Å²) >= 11 is 0. The summed E-state index contributed by atoms with van der Waals surface area (Å²) in [6.07, 6.45) is 3.67. The van der Waals surface area contributed by atoms with Crippen molar-refractivity contribution in [3.8, 4) is 5.75 Å². The molecule has 3 fully saturated rings. The van der Waals surface area contributed by atoms with E-state index in [0.717, 1.165) is 66.9 Å². The van der Waals surface area contributed by atoms with Crippen LogP contribution < -0.4 is 10.1 Å². The summed E-state index contributed by atoms with van der Waals surface area (Å²) in [6, 6.07) is 28.3. The highest BCUT2D eigenvalue weighted by atomic mass is 16.6. The largest absolute Gasteiger partial charge is 0.493 e. The zero-order chi connectivity index (χ0) is 23.9. The molecule has 3 aliphatic rings. The van der Waals surface area contributed by atoms with Crippen molar-refractivity contribution in [1.82, 2.24) is 0 Å². The first kappa shape index (κ1) is 23.4. The molecule has 3 saturated heterocycles. The molecule has 6 rings (SSSR count). The van der Waals surface area contributed by atoms with Gasteiger partial charge in [-0.1, -0.05) is 66.7 Å². The number of carbonyl (C=O) groups is 1. The summed E-state index contributed by atoms with van der Waals surface area (Å²) in [5, 5.41) is 3.03. The SMILES string of the molecule is O=C(Nc1ccccc1Cc1ccccc1)OC1C[N+]2(CCCOc3ccccc3)CCC1CC2. The highest BCUT2D eigenvalue weighted by Crippen LogP contribution is 2.36. The summed E-state index contributed by atoms with van der Waals surface area (Å²) in [6.45, 7) is 5.06. The van der Waals surface area contributed by atoms with Gasteiger partial charge >= 0.3 is 6.09 Å². The quantitative estimate of drug-likeness (QED) is 0.312. The predicted octanol–water partition coefficient (Wildman–Crippen LogP) is 5.90. The fraction of sp³-hybridized carbons (Fsp3) is 0.367. The summed E-state index contributed by atoms with van der Waals surface area (Å²) in [7, 11) is 0. The van der Waals surface area contributed by atoms with Crippen LogP contribution in [0.25, 0.3) is 0 Å². The van der Waals surface area contributed by atoms with Crippen LogP contribution in [0.1, 0.15) is 30.4 Å². The maximum Gasteiger partial charge on any atom is 0.412 e. The van der Waals surface area contributed by atoms with Crippen molar-refractivity contribution in [3.05, 3.63) is 96.1 Å². The van der Waals surface area contributed by atoms with Gasteiger partial charge in [0.15, 0.2) is 6.10 Å². The Morgan fingerprint density at radius 1 is 0.886 bits per heavy atom. The minimum absolute atomic E-state index is 0.0196. The minimum atomic E-state index is -0.338. The number of para-hydroxylation sites is 2. The topological polar surface area (TPSA) is 47.6 Å². The van der Waals surface area contributed by atoms with Crippen molar-refractivity contribution in [1.29, 1.82) is 0 Å². The van der Waals surface area contributed by atoms with E-state index in [9.17, 15) is 4.79 Å². The van der Waals surface area contributed by atoms with Crippen LogP contribution in [0, 0.1) is 5.92 Å². The lowest BCUT2D eigenvalue weighted by atomic mass is 9.83. The number of quaternary nitrogens is 1. The number of anilines is 1. The highest BCUT2D eigenvalue weighted by Gasteiger charge is 2.47. The van der Waals surface area contributed by atoms with E-state index in [2.05, 4.69) is 23.5 Å². The molecule has 1 amide bonds. The Labute approximate surface area is 208 Å². The van der Waals surface area contributed by atoms with Crippen molar-refractivity contribution >= 4 is 11.8 Å². The number of carbonyl (C=O) groups excluding carboxylic acids is 1. The van der Waals surface area contributed by atoms with Crippen LogP contribution in [0.3, 0.4) is 0 Å². The average Bonchev–Trinajstić information content (AvgIpc) is 2.90. The van der Waals surface area contributed by atoms with Gasteiger partial charge in [0, 0.05) is 30.9 Å². The molecule has 1 unspecified atom stereocenters. The Bertz CT molecular complexity index is 1090. The van der Waals surface area contributed by atoms with Crippen molar-refractivity contribution in [2.75, 3.05) is 38.1 Å². The van der Waals surface area contributed by atoms with Crippen molar-refractivity contribution in [2.45, 2.75) is 31.8 Å². The molecule has 0 spiro atoms. The fourth-order valence-corrected chi connectivity index (χ4v) is 5.66. The van der Waals surface area contributed by atoms with Gasteiger partial charge in [0.2, 0.25) is 0 Å². The third-order valence-corrected chi connectivity index (χ3v) is 7.58. The van der Waals surface area contributed by atoms with E-state index in [0.29, 0.717) is 5.92 Å². The van der Waals surface area contributed by atoms with Gasteiger partial charge in [0.1, 0.15) is 12.3 Å². The molecule has 3 aromatic rings. The Kier molecular flexibility index (Phi) is 7.34. The standard InChI is InChI=1S/C30H34N2O3/c33-30(31-28-15-8-7-12-26(28)22-24-10-3-1-4-11-24)35-29-23-32(19-16-25(29)17-20-32)18-9-21-34-27-13-5-2-6-14-27/h1-8,10-15,25,29H,9,16-23H2/p+1. The van der Waals surface area contributed by atoms with Gasteiger partial charge in [-0.25, -0.2) is 4.79 Å². The van der Waals surface area contributed by atoms with E-state index in [1.807, 2.05) is 66.7 Å². The molecule has 0 aliphatic carbocycles. The van der Waals surface area contributed by atoms with Crippen LogP contribution in [0.2, 0.25) is 0 Å². The molecule has 2 bridgehead atoms. The molecular formula is C30H35N2O3+. The van der Waals surface area contributed by atoms with Crippen molar-refractivity contribution < 1.29 is 18.8 Å². The van der Waals surface area contributed by atoms with Crippen molar-refractivity contribution in [3.63, 3.8) is 0 Å². The monoisotopic (exact) mass is 471 g/mol. The molecule has 1 N–H and O–H groups in total. The normalized spacial score (nSPS) is 23.0. The van der Waals surface area contributed by atoms with Gasteiger partial charge in [-0.3, -0.25) is 5.32 Å². The number of rotatable bonds is 9. The van der Waals surface area contributed by atoms with E-state index < -0.39 is 0 Å². The maximum atomic E-state index is 12.9. The second-order valence-electron chi connectivity index (χ2n) is 9.94. The highest BCUT2D eigenvalue weighted by molar-refractivity contribution is 5.85. The number of benzene rings is 3. The molecule has 3 aromatic carbocycles. The Hall–Kier alpha value is -3.31. The molecule has 35 heavy (non-hydrogen) atoms. The van der Waals surface area contributed by atoms with Crippen LogP contribution in [-0.4, -0.2) is 49.5 Å².